The lowest BCUT2D eigenvalue weighted by Gasteiger charge is -2.33. The summed E-state index contributed by atoms with van der Waals surface area (Å²) in [6.45, 7) is 5.58. The minimum atomic E-state index is -1.06. The molecule has 0 saturated carbocycles. The minimum absolute atomic E-state index is 0.168. The van der Waals surface area contributed by atoms with Crippen LogP contribution in [0, 0.1) is 5.82 Å². The number of fused-ring (bicyclic) bond motifs is 1. The molecule has 8 heteroatoms. The molecule has 0 saturated heterocycles. The minimum Gasteiger partial charge on any atom is -0.465 e. The Morgan fingerprint density at radius 2 is 1.71 bits per heavy atom. The highest BCUT2D eigenvalue weighted by atomic mass is 19.1. The zero-order valence-corrected chi connectivity index (χ0v) is 19.7. The maximum Gasteiger partial charge on any atom is 0.412 e. The Bertz CT molecular complexity index is 1400. The van der Waals surface area contributed by atoms with E-state index in [9.17, 15) is 19.1 Å². The number of halogens is 1. The summed E-state index contributed by atoms with van der Waals surface area (Å²) in [6, 6.07) is 20.1. The monoisotopic (exact) mass is 474 g/mol. The fraction of sp³-hybridized carbons (Fsp3) is 0.185. The van der Waals surface area contributed by atoms with Crippen LogP contribution in [0.2, 0.25) is 0 Å². The van der Waals surface area contributed by atoms with E-state index in [-0.39, 0.29) is 18.3 Å². The van der Waals surface area contributed by atoms with Crippen LogP contribution in [0.4, 0.5) is 26.2 Å². The number of carbonyl (C=O) groups excluding carboxylic acids is 1. The molecule has 2 amide bonds. The summed E-state index contributed by atoms with van der Waals surface area (Å²) < 4.78 is 16.1. The lowest BCUT2D eigenvalue weighted by atomic mass is 10.1. The smallest absolute Gasteiger partial charge is 0.412 e. The first-order chi connectivity index (χ1) is 16.5. The molecule has 0 aliphatic heterocycles. The second-order valence-electron chi connectivity index (χ2n) is 9.32. The van der Waals surface area contributed by atoms with Gasteiger partial charge in [0.1, 0.15) is 11.5 Å². The number of nitrogens with one attached hydrogen (secondary N) is 1. The highest BCUT2D eigenvalue weighted by molar-refractivity contribution is 6.07. The van der Waals surface area contributed by atoms with E-state index >= 15 is 0 Å². The fourth-order valence-corrected chi connectivity index (χ4v) is 4.12. The van der Waals surface area contributed by atoms with Crippen LogP contribution in [0.15, 0.2) is 72.8 Å². The Morgan fingerprint density at radius 1 is 1.03 bits per heavy atom. The van der Waals surface area contributed by atoms with E-state index in [1.165, 1.54) is 11.0 Å². The molecule has 35 heavy (non-hydrogen) atoms. The number of hydrogen-bond acceptors (Lipinski definition) is 3. The number of carboxylic acid groups (broad SMARTS) is 1. The Morgan fingerprint density at radius 3 is 2.34 bits per heavy atom. The van der Waals surface area contributed by atoms with E-state index in [0.717, 1.165) is 10.9 Å². The summed E-state index contributed by atoms with van der Waals surface area (Å²) in [5.74, 6) is -0.733. The molecule has 1 aromatic heterocycles. The number of benzene rings is 3. The van der Waals surface area contributed by atoms with Crippen LogP contribution in [0.3, 0.4) is 0 Å². The molecule has 0 spiro atoms. The predicted octanol–water partition coefficient (Wildman–Crippen LogP) is 5.95. The van der Waals surface area contributed by atoms with Crippen molar-refractivity contribution in [2.75, 3.05) is 16.0 Å². The van der Waals surface area contributed by atoms with Gasteiger partial charge in [-0.2, -0.15) is 0 Å². The molecule has 7 nitrogen and oxygen atoms in total. The molecule has 4 aromatic rings. The van der Waals surface area contributed by atoms with Crippen molar-refractivity contribution < 1.29 is 19.1 Å². The molecule has 0 atom stereocenters. The molecular formula is C27H27FN4O3. The molecule has 3 aromatic carbocycles. The number of carbonyl (C=O) groups is 2. The fourth-order valence-electron chi connectivity index (χ4n) is 4.12. The summed E-state index contributed by atoms with van der Waals surface area (Å²) in [6.07, 6.45) is -1.06. The van der Waals surface area contributed by atoms with Crippen LogP contribution in [0.1, 0.15) is 36.8 Å². The van der Waals surface area contributed by atoms with Crippen LogP contribution in [0.5, 0.6) is 0 Å². The Hall–Kier alpha value is -4.33. The third-order valence-corrected chi connectivity index (χ3v) is 5.69. The first-order valence-corrected chi connectivity index (χ1v) is 11.1. The van der Waals surface area contributed by atoms with Gasteiger partial charge in [-0.15, -0.1) is 0 Å². The maximum atomic E-state index is 14.4. The van der Waals surface area contributed by atoms with E-state index in [0.29, 0.717) is 28.3 Å². The zero-order chi connectivity index (χ0) is 25.3. The second kappa shape index (κ2) is 9.13. The Kier molecular flexibility index (Phi) is 6.22. The van der Waals surface area contributed by atoms with Crippen LogP contribution in [-0.2, 0) is 6.54 Å². The molecule has 0 aliphatic carbocycles. The van der Waals surface area contributed by atoms with E-state index < -0.39 is 11.6 Å². The van der Waals surface area contributed by atoms with E-state index in [2.05, 4.69) is 5.32 Å². The van der Waals surface area contributed by atoms with Gasteiger partial charge in [-0.1, -0.05) is 18.2 Å². The molecule has 0 unspecified atom stereocenters. The van der Waals surface area contributed by atoms with Crippen LogP contribution >= 0.6 is 0 Å². The van der Waals surface area contributed by atoms with Crippen molar-refractivity contribution in [2.45, 2.75) is 32.9 Å². The first-order valence-electron chi connectivity index (χ1n) is 11.1. The van der Waals surface area contributed by atoms with Crippen molar-refractivity contribution in [2.24, 2.45) is 0 Å². The van der Waals surface area contributed by atoms with Gasteiger partial charge in [-0.25, -0.2) is 9.18 Å². The van der Waals surface area contributed by atoms with Gasteiger partial charge in [0.2, 0.25) is 0 Å². The molecule has 0 aliphatic rings. The standard InChI is InChI=1S/C27H27FN4O3/c1-27(2,3)32(26(34)35)21-11-9-20(10-12-21)30-25(33)24-15-18-14-19(29)8-13-23(18)31(24)16-17-6-4-5-7-22(17)28/h4-15H,16,29H2,1-3H3,(H,30,33)(H,34,35). The molecule has 0 bridgehead atoms. The average Bonchev–Trinajstić information content (AvgIpc) is 3.13. The van der Waals surface area contributed by atoms with Gasteiger partial charge in [-0.05, 0) is 75.4 Å². The molecule has 180 valence electrons. The summed E-state index contributed by atoms with van der Waals surface area (Å²) >= 11 is 0. The number of nitrogen functional groups attached to an aromatic ring is 1. The Labute approximate surface area is 202 Å². The number of hydrogen-bond donors (Lipinski definition) is 3. The van der Waals surface area contributed by atoms with Gasteiger partial charge in [0.05, 0.1) is 6.54 Å². The molecule has 4 rings (SSSR count). The van der Waals surface area contributed by atoms with E-state index in [1.807, 2.05) is 6.07 Å². The average molecular weight is 475 g/mol. The predicted molar refractivity (Wildman–Crippen MR) is 137 cm³/mol. The lowest BCUT2D eigenvalue weighted by molar-refractivity contribution is 0.101. The van der Waals surface area contributed by atoms with Gasteiger partial charge in [0.25, 0.3) is 5.91 Å². The van der Waals surface area contributed by atoms with Gasteiger partial charge in [-0.3, -0.25) is 9.69 Å². The highest BCUT2D eigenvalue weighted by Gasteiger charge is 2.27. The third-order valence-electron chi connectivity index (χ3n) is 5.69. The SMILES string of the molecule is CC(C)(C)N(C(=O)O)c1ccc(NC(=O)c2cc3cc(N)ccc3n2Cc2ccccc2F)cc1. The van der Waals surface area contributed by atoms with Gasteiger partial charge in [0, 0.05) is 39.1 Å². The largest absolute Gasteiger partial charge is 0.465 e. The van der Waals surface area contributed by atoms with Gasteiger partial charge >= 0.3 is 6.09 Å². The topological polar surface area (TPSA) is 101 Å². The number of amides is 2. The van der Waals surface area contributed by atoms with Crippen molar-refractivity contribution in [3.63, 3.8) is 0 Å². The lowest BCUT2D eigenvalue weighted by Crippen LogP contribution is -2.45. The first kappa shape index (κ1) is 23.8. The van der Waals surface area contributed by atoms with Gasteiger partial charge in [0.15, 0.2) is 0 Å². The Balaban J connectivity index is 1.66. The molecular weight excluding hydrogens is 447 g/mol. The van der Waals surface area contributed by atoms with Crippen LogP contribution in [0.25, 0.3) is 10.9 Å². The number of rotatable bonds is 5. The quantitative estimate of drug-likeness (QED) is 0.311. The second-order valence-corrected chi connectivity index (χ2v) is 9.32. The summed E-state index contributed by atoms with van der Waals surface area (Å²) in [5, 5.41) is 13.2. The van der Waals surface area contributed by atoms with Crippen molar-refractivity contribution in [3.8, 4) is 0 Å². The summed E-state index contributed by atoms with van der Waals surface area (Å²) in [5.41, 5.74) is 8.41. The van der Waals surface area contributed by atoms with Crippen LogP contribution < -0.4 is 16.0 Å². The van der Waals surface area contributed by atoms with Crippen molar-refractivity contribution in [1.29, 1.82) is 0 Å². The van der Waals surface area contributed by atoms with Crippen molar-refractivity contribution in [3.05, 3.63) is 89.9 Å². The van der Waals surface area contributed by atoms with Crippen LogP contribution in [-0.4, -0.2) is 27.2 Å². The number of aromatic nitrogens is 1. The third kappa shape index (κ3) is 4.96. The number of nitrogens with two attached hydrogens (primary N) is 1. The molecule has 1 heterocycles. The maximum absolute atomic E-state index is 14.4. The van der Waals surface area contributed by atoms with Gasteiger partial charge < -0.3 is 20.7 Å². The summed E-state index contributed by atoms with van der Waals surface area (Å²) in [7, 11) is 0. The normalized spacial score (nSPS) is 11.4. The highest BCUT2D eigenvalue weighted by Crippen LogP contribution is 2.27. The number of nitrogens with zero attached hydrogens (tertiary/aromatic N) is 2. The van der Waals surface area contributed by atoms with E-state index in [4.69, 9.17) is 5.73 Å². The number of anilines is 3. The van der Waals surface area contributed by atoms with Crippen molar-refractivity contribution in [1.82, 2.24) is 4.57 Å². The zero-order valence-electron chi connectivity index (χ0n) is 19.7. The molecule has 0 fully saturated rings. The summed E-state index contributed by atoms with van der Waals surface area (Å²) in [4.78, 5) is 26.3. The molecule has 4 N–H and O–H groups in total. The van der Waals surface area contributed by atoms with E-state index in [1.54, 1.807) is 86.0 Å². The van der Waals surface area contributed by atoms with Crippen molar-refractivity contribution >= 4 is 40.0 Å². The molecule has 0 radical (unpaired) electrons.